The zero-order valence-corrected chi connectivity index (χ0v) is 17.2. The minimum absolute atomic E-state index is 0.167. The molecule has 0 atom stereocenters. The average Bonchev–Trinajstić information content (AvgIpc) is 3.29. The van der Waals surface area contributed by atoms with Crippen LogP contribution < -0.4 is 24.3 Å². The van der Waals surface area contributed by atoms with Gasteiger partial charge in [0.1, 0.15) is 0 Å². The van der Waals surface area contributed by atoms with Gasteiger partial charge in [0.15, 0.2) is 17.3 Å². The summed E-state index contributed by atoms with van der Waals surface area (Å²) < 4.78 is 18.3. The third-order valence-electron chi connectivity index (χ3n) is 4.55. The van der Waals surface area contributed by atoms with Crippen LogP contribution in [0.3, 0.4) is 0 Å². The van der Waals surface area contributed by atoms with Crippen molar-refractivity contribution in [2.24, 2.45) is 0 Å². The van der Waals surface area contributed by atoms with Crippen LogP contribution >= 0.6 is 11.3 Å². The summed E-state index contributed by atoms with van der Waals surface area (Å²) in [6.07, 6.45) is 1.86. The molecule has 4 aromatic rings. The third-order valence-corrected chi connectivity index (χ3v) is 5.51. The number of rotatable bonds is 5. The molecule has 0 N–H and O–H groups in total. The first-order chi connectivity index (χ1) is 14.0. The predicted molar refractivity (Wildman–Crippen MR) is 112 cm³/mol. The number of ether oxygens (including phenoxy) is 3. The molecule has 4 rings (SSSR count). The summed E-state index contributed by atoms with van der Waals surface area (Å²) in [6, 6.07) is 11.5. The molecular formula is C21H19N3O4S. The first kappa shape index (κ1) is 18.9. The highest BCUT2D eigenvalue weighted by Gasteiger charge is 2.19. The minimum atomic E-state index is -0.167. The number of nitrogens with zero attached hydrogens (tertiary/aromatic N) is 3. The molecule has 0 spiro atoms. The van der Waals surface area contributed by atoms with Crippen LogP contribution in [0.15, 0.2) is 41.2 Å². The molecule has 29 heavy (non-hydrogen) atoms. The smallest absolute Gasteiger partial charge is 0.276 e. The van der Waals surface area contributed by atoms with Crippen LogP contribution in [0.4, 0.5) is 0 Å². The Morgan fingerprint density at radius 3 is 2.21 bits per heavy atom. The first-order valence-corrected chi connectivity index (χ1v) is 9.64. The van der Waals surface area contributed by atoms with Crippen LogP contribution in [0, 0.1) is 6.92 Å². The highest BCUT2D eigenvalue weighted by molar-refractivity contribution is 7.15. The van der Waals surface area contributed by atoms with Gasteiger partial charge in [0.2, 0.25) is 10.7 Å². The molecule has 0 amide bonds. The fourth-order valence-electron chi connectivity index (χ4n) is 3.07. The van der Waals surface area contributed by atoms with Gasteiger partial charge in [-0.15, -0.1) is 10.2 Å². The van der Waals surface area contributed by atoms with E-state index in [0.29, 0.717) is 38.1 Å². The highest BCUT2D eigenvalue weighted by Crippen LogP contribution is 2.40. The van der Waals surface area contributed by atoms with Crippen molar-refractivity contribution in [3.8, 4) is 28.6 Å². The largest absolute Gasteiger partial charge is 0.493 e. The molecule has 0 fully saturated rings. The Morgan fingerprint density at radius 2 is 1.62 bits per heavy atom. The van der Waals surface area contributed by atoms with E-state index in [4.69, 9.17) is 14.2 Å². The van der Waals surface area contributed by atoms with E-state index in [1.165, 1.54) is 28.4 Å². The van der Waals surface area contributed by atoms with Crippen LogP contribution in [0.2, 0.25) is 0 Å². The molecular weight excluding hydrogens is 390 g/mol. The van der Waals surface area contributed by atoms with E-state index in [9.17, 15) is 4.79 Å². The Morgan fingerprint density at radius 1 is 0.966 bits per heavy atom. The maximum Gasteiger partial charge on any atom is 0.276 e. The van der Waals surface area contributed by atoms with E-state index in [-0.39, 0.29) is 5.56 Å². The zero-order chi connectivity index (χ0) is 20.5. The van der Waals surface area contributed by atoms with Crippen LogP contribution in [0.5, 0.6) is 17.2 Å². The molecule has 0 saturated carbocycles. The standard InChI is InChI=1S/C21H19N3O4S/c1-12-5-7-13(8-6-12)9-17-20(25)24-19(22-23-21(24)29-17)14-10-15(26-2)18(28-4)16(11-14)27-3/h5-11H,1-4H3/b17-9-. The Labute approximate surface area is 170 Å². The monoisotopic (exact) mass is 409 g/mol. The summed E-state index contributed by atoms with van der Waals surface area (Å²) in [5.74, 6) is 1.85. The van der Waals surface area contributed by atoms with E-state index in [1.54, 1.807) is 26.4 Å². The summed E-state index contributed by atoms with van der Waals surface area (Å²) in [5, 5.41) is 8.39. The number of aromatic nitrogens is 3. The van der Waals surface area contributed by atoms with Crippen LogP contribution in [0.25, 0.3) is 22.4 Å². The van der Waals surface area contributed by atoms with Gasteiger partial charge in [0.05, 0.1) is 25.9 Å². The van der Waals surface area contributed by atoms with Crippen molar-refractivity contribution in [3.63, 3.8) is 0 Å². The lowest BCUT2D eigenvalue weighted by Gasteiger charge is -2.13. The van der Waals surface area contributed by atoms with Crippen molar-refractivity contribution in [2.45, 2.75) is 6.92 Å². The fraction of sp³-hybridized carbons (Fsp3) is 0.190. The Kier molecular flexibility index (Phi) is 4.94. The summed E-state index contributed by atoms with van der Waals surface area (Å²) in [4.78, 5) is 13.6. The van der Waals surface area contributed by atoms with Crippen molar-refractivity contribution < 1.29 is 14.2 Å². The maximum absolute atomic E-state index is 13.1. The van der Waals surface area contributed by atoms with E-state index >= 15 is 0 Å². The number of hydrogen-bond donors (Lipinski definition) is 0. The summed E-state index contributed by atoms with van der Waals surface area (Å²) in [6.45, 7) is 2.03. The summed E-state index contributed by atoms with van der Waals surface area (Å²) in [7, 11) is 4.62. The van der Waals surface area contributed by atoms with Gasteiger partial charge >= 0.3 is 0 Å². The van der Waals surface area contributed by atoms with E-state index < -0.39 is 0 Å². The lowest BCUT2D eigenvalue weighted by molar-refractivity contribution is 0.324. The van der Waals surface area contributed by atoms with Gasteiger partial charge in [-0.3, -0.25) is 4.79 Å². The Bertz CT molecular complexity index is 1270. The van der Waals surface area contributed by atoms with E-state index in [0.717, 1.165) is 5.56 Å². The van der Waals surface area contributed by atoms with Crippen molar-refractivity contribution in [1.29, 1.82) is 0 Å². The van der Waals surface area contributed by atoms with Crippen molar-refractivity contribution in [1.82, 2.24) is 14.6 Å². The van der Waals surface area contributed by atoms with Crippen LogP contribution in [0.1, 0.15) is 11.1 Å². The SMILES string of the molecule is COc1cc(-c2nnc3s/c(=C\c4ccc(C)cc4)c(=O)n23)cc(OC)c1OC. The number of aryl methyl sites for hydroxylation is 1. The average molecular weight is 409 g/mol. The molecule has 7 nitrogen and oxygen atoms in total. The van der Waals surface area contributed by atoms with Gasteiger partial charge in [0.25, 0.3) is 5.56 Å². The molecule has 0 aliphatic rings. The van der Waals surface area contributed by atoms with Gasteiger partial charge in [-0.1, -0.05) is 41.2 Å². The number of thiazole rings is 1. The molecule has 8 heteroatoms. The topological polar surface area (TPSA) is 75.0 Å². The summed E-state index contributed by atoms with van der Waals surface area (Å²) in [5.41, 5.74) is 2.60. The van der Waals surface area contributed by atoms with Crippen molar-refractivity contribution in [3.05, 3.63) is 62.4 Å². The van der Waals surface area contributed by atoms with Crippen LogP contribution in [-0.4, -0.2) is 35.9 Å². The quantitative estimate of drug-likeness (QED) is 0.505. The molecule has 0 radical (unpaired) electrons. The lowest BCUT2D eigenvalue weighted by Crippen LogP contribution is -2.23. The predicted octanol–water partition coefficient (Wildman–Crippen LogP) is 2.70. The number of hydrogen-bond acceptors (Lipinski definition) is 7. The normalized spacial score (nSPS) is 11.8. The molecule has 148 valence electrons. The van der Waals surface area contributed by atoms with Crippen molar-refractivity contribution >= 4 is 22.4 Å². The van der Waals surface area contributed by atoms with Gasteiger partial charge < -0.3 is 14.2 Å². The Balaban J connectivity index is 1.90. The minimum Gasteiger partial charge on any atom is -0.493 e. The fourth-order valence-corrected chi connectivity index (χ4v) is 3.99. The van der Waals surface area contributed by atoms with Crippen molar-refractivity contribution in [2.75, 3.05) is 21.3 Å². The second kappa shape index (κ2) is 7.56. The molecule has 0 aliphatic heterocycles. The first-order valence-electron chi connectivity index (χ1n) is 8.82. The molecule has 0 saturated heterocycles. The van der Waals surface area contributed by atoms with Crippen LogP contribution in [-0.2, 0) is 0 Å². The molecule has 0 aliphatic carbocycles. The van der Waals surface area contributed by atoms with Gasteiger partial charge in [-0.25, -0.2) is 4.40 Å². The van der Waals surface area contributed by atoms with Gasteiger partial charge in [-0.05, 0) is 30.7 Å². The molecule has 0 bridgehead atoms. The maximum atomic E-state index is 13.1. The number of fused-ring (bicyclic) bond motifs is 1. The second-order valence-electron chi connectivity index (χ2n) is 6.38. The lowest BCUT2D eigenvalue weighted by atomic mass is 10.1. The Hall–Kier alpha value is -3.39. The van der Waals surface area contributed by atoms with E-state index in [2.05, 4.69) is 10.2 Å². The molecule has 2 aromatic heterocycles. The highest BCUT2D eigenvalue weighted by atomic mass is 32.1. The zero-order valence-electron chi connectivity index (χ0n) is 16.4. The third kappa shape index (κ3) is 3.31. The molecule has 2 aromatic carbocycles. The van der Waals surface area contributed by atoms with E-state index in [1.807, 2.05) is 37.3 Å². The second-order valence-corrected chi connectivity index (χ2v) is 7.39. The molecule has 2 heterocycles. The number of methoxy groups -OCH3 is 3. The van der Waals surface area contributed by atoms with Gasteiger partial charge in [-0.2, -0.15) is 0 Å². The van der Waals surface area contributed by atoms with Gasteiger partial charge in [0, 0.05) is 5.56 Å². The number of benzene rings is 2. The summed E-state index contributed by atoms with van der Waals surface area (Å²) >= 11 is 1.30. The molecule has 0 unspecified atom stereocenters.